The summed E-state index contributed by atoms with van der Waals surface area (Å²) in [5.74, 6) is 4.00. The van der Waals surface area contributed by atoms with E-state index in [0.29, 0.717) is 17.0 Å². The van der Waals surface area contributed by atoms with Crippen LogP contribution in [0.5, 0.6) is 0 Å². The van der Waals surface area contributed by atoms with Crippen LogP contribution in [0.1, 0.15) is 26.2 Å². The minimum atomic E-state index is -2.81. The van der Waals surface area contributed by atoms with Gasteiger partial charge in [-0.2, -0.15) is 23.5 Å². The van der Waals surface area contributed by atoms with Gasteiger partial charge in [0.1, 0.15) is 9.84 Å². The molecule has 1 fully saturated rings. The minimum absolute atomic E-state index is 0.321. The van der Waals surface area contributed by atoms with Crippen LogP contribution in [0.25, 0.3) is 0 Å². The average molecular weight is 312 g/mol. The first kappa shape index (κ1) is 16.7. The zero-order valence-electron chi connectivity index (χ0n) is 11.4. The van der Waals surface area contributed by atoms with Crippen LogP contribution in [0.4, 0.5) is 0 Å². The van der Waals surface area contributed by atoms with Crippen LogP contribution >= 0.6 is 23.5 Å². The molecule has 2 unspecified atom stereocenters. The molecule has 0 bridgehead atoms. The number of thioether (sulfide) groups is 2. The predicted octanol–water partition coefficient (Wildman–Crippen LogP) is 2.03. The van der Waals surface area contributed by atoms with Gasteiger partial charge in [0.05, 0.1) is 0 Å². The molecule has 0 aromatic rings. The normalized spacial score (nSPS) is 22.9. The molecule has 6 heteroatoms. The molecule has 108 valence electrons. The van der Waals surface area contributed by atoms with Crippen molar-refractivity contribution >= 4 is 33.4 Å². The number of sulfone groups is 1. The molecule has 1 heterocycles. The van der Waals surface area contributed by atoms with Gasteiger partial charge in [-0.1, -0.05) is 6.92 Å². The second kappa shape index (κ2) is 8.72. The first-order chi connectivity index (χ1) is 8.53. The Morgan fingerprint density at radius 2 is 2.17 bits per heavy atom. The second-order valence-corrected chi connectivity index (χ2v) is 9.57. The molecule has 1 aliphatic heterocycles. The van der Waals surface area contributed by atoms with E-state index in [-0.39, 0.29) is 0 Å². The molecular formula is C12H25NO2S3. The van der Waals surface area contributed by atoms with Crippen molar-refractivity contribution in [1.82, 2.24) is 5.32 Å². The summed E-state index contributed by atoms with van der Waals surface area (Å²) in [5.41, 5.74) is 0. The molecule has 18 heavy (non-hydrogen) atoms. The summed E-state index contributed by atoms with van der Waals surface area (Å²) in [6.07, 6.45) is 4.22. The van der Waals surface area contributed by atoms with Crippen molar-refractivity contribution in [3.63, 3.8) is 0 Å². The van der Waals surface area contributed by atoms with Crippen molar-refractivity contribution in [2.75, 3.05) is 35.8 Å². The summed E-state index contributed by atoms with van der Waals surface area (Å²) in [5, 5.41) is 4.24. The van der Waals surface area contributed by atoms with Gasteiger partial charge >= 0.3 is 0 Å². The van der Waals surface area contributed by atoms with E-state index >= 15 is 0 Å². The van der Waals surface area contributed by atoms with Crippen molar-refractivity contribution in [2.24, 2.45) is 0 Å². The van der Waals surface area contributed by atoms with Gasteiger partial charge in [0.2, 0.25) is 0 Å². The summed E-state index contributed by atoms with van der Waals surface area (Å²) < 4.78 is 22.3. The van der Waals surface area contributed by atoms with E-state index in [0.717, 1.165) is 25.8 Å². The standard InChI is InChI=1S/C12H25NO2S3/c1-3-6-13-11(5-4-9-18(2,14)15)12-10-16-7-8-17-12/h11-13H,3-10H2,1-2H3. The summed E-state index contributed by atoms with van der Waals surface area (Å²) in [6, 6.07) is 0.476. The molecule has 0 amide bonds. The maximum absolute atomic E-state index is 11.2. The molecule has 1 rings (SSSR count). The van der Waals surface area contributed by atoms with E-state index in [4.69, 9.17) is 0 Å². The topological polar surface area (TPSA) is 46.2 Å². The molecule has 1 aliphatic rings. The Kier molecular flexibility index (Phi) is 8.07. The van der Waals surface area contributed by atoms with E-state index in [1.807, 2.05) is 23.5 Å². The van der Waals surface area contributed by atoms with Crippen LogP contribution in [-0.4, -0.2) is 55.5 Å². The third kappa shape index (κ3) is 7.26. The zero-order chi connectivity index (χ0) is 13.4. The Morgan fingerprint density at radius 3 is 2.72 bits per heavy atom. The molecule has 2 atom stereocenters. The summed E-state index contributed by atoms with van der Waals surface area (Å²) in [6.45, 7) is 3.20. The van der Waals surface area contributed by atoms with E-state index in [1.54, 1.807) is 0 Å². The molecule has 0 aromatic heterocycles. The van der Waals surface area contributed by atoms with Gasteiger partial charge in [-0.25, -0.2) is 8.42 Å². The highest BCUT2D eigenvalue weighted by Gasteiger charge is 2.24. The van der Waals surface area contributed by atoms with Gasteiger partial charge in [-0.15, -0.1) is 0 Å². The first-order valence-corrected chi connectivity index (χ1v) is 10.9. The lowest BCUT2D eigenvalue weighted by Crippen LogP contribution is -2.41. The third-order valence-electron chi connectivity index (χ3n) is 2.98. The van der Waals surface area contributed by atoms with Crippen molar-refractivity contribution < 1.29 is 8.42 Å². The van der Waals surface area contributed by atoms with Gasteiger partial charge in [0.15, 0.2) is 0 Å². The first-order valence-electron chi connectivity index (χ1n) is 6.63. The van der Waals surface area contributed by atoms with Crippen LogP contribution in [-0.2, 0) is 9.84 Å². The van der Waals surface area contributed by atoms with Crippen LogP contribution in [0.15, 0.2) is 0 Å². The van der Waals surface area contributed by atoms with E-state index < -0.39 is 9.84 Å². The van der Waals surface area contributed by atoms with Crippen LogP contribution in [0, 0.1) is 0 Å². The molecule has 0 saturated carbocycles. The average Bonchev–Trinajstić information content (AvgIpc) is 2.33. The predicted molar refractivity (Wildman–Crippen MR) is 84.6 cm³/mol. The Hall–Kier alpha value is 0.610. The highest BCUT2D eigenvalue weighted by molar-refractivity contribution is 8.06. The van der Waals surface area contributed by atoms with Gasteiger partial charge in [-0.05, 0) is 25.8 Å². The van der Waals surface area contributed by atoms with Gasteiger partial charge in [-0.3, -0.25) is 0 Å². The zero-order valence-corrected chi connectivity index (χ0v) is 13.8. The van der Waals surface area contributed by atoms with Crippen molar-refractivity contribution in [3.05, 3.63) is 0 Å². The fourth-order valence-electron chi connectivity index (χ4n) is 2.05. The number of nitrogens with one attached hydrogen (secondary N) is 1. The van der Waals surface area contributed by atoms with Gasteiger partial charge < -0.3 is 5.32 Å². The molecule has 3 nitrogen and oxygen atoms in total. The Labute approximate surface area is 120 Å². The van der Waals surface area contributed by atoms with Crippen LogP contribution in [0.2, 0.25) is 0 Å². The second-order valence-electron chi connectivity index (χ2n) is 4.82. The third-order valence-corrected chi connectivity index (χ3v) is 6.93. The quantitative estimate of drug-likeness (QED) is 0.743. The highest BCUT2D eigenvalue weighted by atomic mass is 32.2. The Morgan fingerprint density at radius 1 is 1.39 bits per heavy atom. The van der Waals surface area contributed by atoms with Gasteiger partial charge in [0.25, 0.3) is 0 Å². The SMILES string of the molecule is CCCNC(CCCS(C)(=O)=O)C1CSCCS1. The fourth-order valence-corrected chi connectivity index (χ4v) is 5.67. The molecule has 1 N–H and O–H groups in total. The summed E-state index contributed by atoms with van der Waals surface area (Å²) >= 11 is 4.07. The molecule has 0 spiro atoms. The van der Waals surface area contributed by atoms with Crippen LogP contribution < -0.4 is 5.32 Å². The van der Waals surface area contributed by atoms with Crippen molar-refractivity contribution in [3.8, 4) is 0 Å². The maximum atomic E-state index is 11.2. The largest absolute Gasteiger partial charge is 0.313 e. The summed E-state index contributed by atoms with van der Waals surface area (Å²) in [4.78, 5) is 0. The molecule has 1 saturated heterocycles. The lowest BCUT2D eigenvalue weighted by Gasteiger charge is -2.30. The molecule has 0 aliphatic carbocycles. The Balaban J connectivity index is 2.38. The van der Waals surface area contributed by atoms with E-state index in [1.165, 1.54) is 23.5 Å². The number of hydrogen-bond acceptors (Lipinski definition) is 5. The number of rotatable bonds is 8. The molecule has 0 aromatic carbocycles. The Bertz CT molecular complexity index is 313. The monoisotopic (exact) mass is 311 g/mol. The minimum Gasteiger partial charge on any atom is -0.313 e. The lowest BCUT2D eigenvalue weighted by molar-refractivity contribution is 0.473. The molecule has 0 radical (unpaired) electrons. The highest BCUT2D eigenvalue weighted by Crippen LogP contribution is 2.28. The summed E-state index contributed by atoms with van der Waals surface area (Å²) in [7, 11) is -2.81. The van der Waals surface area contributed by atoms with E-state index in [9.17, 15) is 8.42 Å². The smallest absolute Gasteiger partial charge is 0.147 e. The van der Waals surface area contributed by atoms with Crippen molar-refractivity contribution in [2.45, 2.75) is 37.5 Å². The molecular weight excluding hydrogens is 286 g/mol. The van der Waals surface area contributed by atoms with E-state index in [2.05, 4.69) is 12.2 Å². The van der Waals surface area contributed by atoms with Crippen molar-refractivity contribution in [1.29, 1.82) is 0 Å². The van der Waals surface area contributed by atoms with Crippen LogP contribution in [0.3, 0.4) is 0 Å². The fraction of sp³-hybridized carbons (Fsp3) is 1.00. The lowest BCUT2D eigenvalue weighted by atomic mass is 10.1. The van der Waals surface area contributed by atoms with Gasteiger partial charge in [0, 0.05) is 40.6 Å². The maximum Gasteiger partial charge on any atom is 0.147 e. The number of hydrogen-bond donors (Lipinski definition) is 1.